The number of ether oxygens (including phenoxy) is 1. The third kappa shape index (κ3) is 1.76. The fourth-order valence-electron chi connectivity index (χ4n) is 2.56. The van der Waals surface area contributed by atoms with Crippen LogP contribution in [-0.4, -0.2) is 16.8 Å². The fraction of sp³-hybridized carbons (Fsp3) is 0.500. The lowest BCUT2D eigenvalue weighted by Crippen LogP contribution is -2.54. The predicted molar refractivity (Wildman–Crippen MR) is 68.0 cm³/mol. The maximum atomic E-state index is 10.4. The van der Waals surface area contributed by atoms with Gasteiger partial charge in [-0.25, -0.2) is 0 Å². The van der Waals surface area contributed by atoms with Gasteiger partial charge in [-0.1, -0.05) is 13.8 Å². The average Bonchev–Trinajstić information content (AvgIpc) is 2.42. The molecule has 1 aliphatic heterocycles. The van der Waals surface area contributed by atoms with Crippen LogP contribution in [-0.2, 0) is 0 Å². The summed E-state index contributed by atoms with van der Waals surface area (Å²) < 4.78 is 5.96. The quantitative estimate of drug-likeness (QED) is 0.835. The van der Waals surface area contributed by atoms with E-state index in [4.69, 9.17) is 15.7 Å². The molecule has 4 nitrogen and oxygen atoms in total. The standard InChI is InChI=1S/C14H18N2O2/c1-3-14(4-2)13(17)12(16)10-7-9(8-15)5-6-11(10)18-14/h5-7,12-13,17H,3-4,16H2,1-2H3/t12-,13+/m1/s1. The molecule has 0 radical (unpaired) electrons. The number of aliphatic hydroxyl groups excluding tert-OH is 1. The van der Waals surface area contributed by atoms with E-state index in [1.807, 2.05) is 13.8 Å². The Bertz CT molecular complexity index is 489. The first-order chi connectivity index (χ1) is 8.57. The topological polar surface area (TPSA) is 79.3 Å². The van der Waals surface area contributed by atoms with Gasteiger partial charge in [-0.15, -0.1) is 0 Å². The Kier molecular flexibility index (Phi) is 3.29. The van der Waals surface area contributed by atoms with Gasteiger partial charge >= 0.3 is 0 Å². The molecule has 0 aromatic heterocycles. The number of hydrogen-bond acceptors (Lipinski definition) is 4. The van der Waals surface area contributed by atoms with Crippen molar-refractivity contribution in [2.45, 2.75) is 44.4 Å². The van der Waals surface area contributed by atoms with Gasteiger partial charge in [0.05, 0.1) is 17.7 Å². The average molecular weight is 246 g/mol. The summed E-state index contributed by atoms with van der Waals surface area (Å²) in [6.07, 6.45) is 0.629. The molecule has 4 heteroatoms. The lowest BCUT2D eigenvalue weighted by atomic mass is 9.81. The first-order valence-electron chi connectivity index (χ1n) is 6.24. The van der Waals surface area contributed by atoms with Crippen molar-refractivity contribution in [3.05, 3.63) is 29.3 Å². The van der Waals surface area contributed by atoms with Crippen molar-refractivity contribution in [2.75, 3.05) is 0 Å². The van der Waals surface area contributed by atoms with Crippen molar-refractivity contribution in [1.29, 1.82) is 5.26 Å². The SMILES string of the molecule is CCC1(CC)Oc2ccc(C#N)cc2[C@@H](N)[C@@H]1O. The second-order valence-corrected chi connectivity index (χ2v) is 4.71. The Morgan fingerprint density at radius 3 is 2.67 bits per heavy atom. The van der Waals surface area contributed by atoms with Gasteiger partial charge in [0.1, 0.15) is 17.5 Å². The molecule has 0 fully saturated rings. The van der Waals surface area contributed by atoms with E-state index in [1.165, 1.54) is 0 Å². The minimum atomic E-state index is -0.756. The van der Waals surface area contributed by atoms with Crippen molar-refractivity contribution < 1.29 is 9.84 Å². The van der Waals surface area contributed by atoms with Gasteiger partial charge in [-0.2, -0.15) is 5.26 Å². The van der Waals surface area contributed by atoms with Gasteiger partial charge in [-0.3, -0.25) is 0 Å². The summed E-state index contributed by atoms with van der Waals surface area (Å²) in [6.45, 7) is 3.96. The van der Waals surface area contributed by atoms with Crippen LogP contribution in [0, 0.1) is 11.3 Å². The monoisotopic (exact) mass is 246 g/mol. The van der Waals surface area contributed by atoms with Crippen molar-refractivity contribution in [1.82, 2.24) is 0 Å². The van der Waals surface area contributed by atoms with Gasteiger partial charge in [0, 0.05) is 5.56 Å². The zero-order valence-corrected chi connectivity index (χ0v) is 10.7. The Hall–Kier alpha value is -1.57. The number of nitrogens with two attached hydrogens (primary N) is 1. The summed E-state index contributed by atoms with van der Waals surface area (Å²) in [6, 6.07) is 6.72. The van der Waals surface area contributed by atoms with Crippen LogP contribution in [0.1, 0.15) is 43.9 Å². The molecule has 2 rings (SSSR count). The van der Waals surface area contributed by atoms with E-state index in [1.54, 1.807) is 18.2 Å². The fourth-order valence-corrected chi connectivity index (χ4v) is 2.56. The van der Waals surface area contributed by atoms with E-state index >= 15 is 0 Å². The first kappa shape index (κ1) is 12.9. The van der Waals surface area contributed by atoms with E-state index in [9.17, 15) is 5.11 Å². The molecular formula is C14H18N2O2. The van der Waals surface area contributed by atoms with Crippen LogP contribution in [0.5, 0.6) is 5.75 Å². The van der Waals surface area contributed by atoms with E-state index in [-0.39, 0.29) is 0 Å². The highest BCUT2D eigenvalue weighted by Crippen LogP contribution is 2.42. The summed E-state index contributed by atoms with van der Waals surface area (Å²) in [7, 11) is 0. The Morgan fingerprint density at radius 1 is 1.44 bits per heavy atom. The van der Waals surface area contributed by atoms with E-state index in [0.29, 0.717) is 29.7 Å². The smallest absolute Gasteiger partial charge is 0.136 e. The third-order valence-electron chi connectivity index (χ3n) is 3.89. The number of benzene rings is 1. The van der Waals surface area contributed by atoms with Crippen LogP contribution >= 0.6 is 0 Å². The summed E-state index contributed by atoms with van der Waals surface area (Å²) in [5.74, 6) is 0.676. The van der Waals surface area contributed by atoms with Crippen molar-refractivity contribution in [3.8, 4) is 11.8 Å². The number of fused-ring (bicyclic) bond motifs is 1. The van der Waals surface area contributed by atoms with Crippen molar-refractivity contribution in [3.63, 3.8) is 0 Å². The molecule has 0 saturated heterocycles. The molecular weight excluding hydrogens is 228 g/mol. The van der Waals surface area contributed by atoms with Gasteiger partial charge < -0.3 is 15.6 Å². The summed E-state index contributed by atoms with van der Waals surface area (Å²) in [4.78, 5) is 0. The Morgan fingerprint density at radius 2 is 2.11 bits per heavy atom. The van der Waals surface area contributed by atoms with Crippen molar-refractivity contribution in [2.24, 2.45) is 5.73 Å². The number of rotatable bonds is 2. The van der Waals surface area contributed by atoms with Crippen LogP contribution in [0.15, 0.2) is 18.2 Å². The number of hydrogen-bond donors (Lipinski definition) is 2. The molecule has 0 aliphatic carbocycles. The number of aliphatic hydroxyl groups is 1. The number of nitriles is 1. The van der Waals surface area contributed by atoms with Crippen LogP contribution in [0.2, 0.25) is 0 Å². The zero-order chi connectivity index (χ0) is 13.3. The molecule has 0 bridgehead atoms. The summed E-state index contributed by atoms with van der Waals surface area (Å²) in [5, 5.41) is 19.3. The van der Waals surface area contributed by atoms with E-state index < -0.39 is 17.7 Å². The maximum Gasteiger partial charge on any atom is 0.136 e. The molecule has 18 heavy (non-hydrogen) atoms. The Labute approximate surface area is 107 Å². The second-order valence-electron chi connectivity index (χ2n) is 4.71. The molecule has 2 atom stereocenters. The van der Waals surface area contributed by atoms with Gasteiger partial charge in [0.15, 0.2) is 0 Å². The lowest BCUT2D eigenvalue weighted by Gasteiger charge is -2.44. The van der Waals surface area contributed by atoms with Crippen LogP contribution in [0.4, 0.5) is 0 Å². The van der Waals surface area contributed by atoms with E-state index in [0.717, 1.165) is 0 Å². The predicted octanol–water partition coefficient (Wildman–Crippen LogP) is 1.87. The van der Waals surface area contributed by atoms with Gasteiger partial charge in [0.2, 0.25) is 0 Å². The minimum absolute atomic E-state index is 0.512. The molecule has 1 aromatic carbocycles. The molecule has 0 spiro atoms. The van der Waals surface area contributed by atoms with Crippen molar-refractivity contribution >= 4 is 0 Å². The highest BCUT2D eigenvalue weighted by Gasteiger charge is 2.45. The van der Waals surface area contributed by atoms with Crippen LogP contribution in [0.3, 0.4) is 0 Å². The lowest BCUT2D eigenvalue weighted by molar-refractivity contribution is -0.0858. The molecule has 96 valence electrons. The molecule has 1 heterocycles. The minimum Gasteiger partial charge on any atom is -0.484 e. The molecule has 0 saturated carbocycles. The Balaban J connectivity index is 2.50. The van der Waals surface area contributed by atoms with Gasteiger partial charge in [0.25, 0.3) is 0 Å². The first-order valence-corrected chi connectivity index (χ1v) is 6.24. The highest BCUT2D eigenvalue weighted by atomic mass is 16.5. The van der Waals surface area contributed by atoms with Crippen LogP contribution in [0.25, 0.3) is 0 Å². The van der Waals surface area contributed by atoms with E-state index in [2.05, 4.69) is 6.07 Å². The molecule has 3 N–H and O–H groups in total. The largest absolute Gasteiger partial charge is 0.484 e. The molecule has 0 amide bonds. The molecule has 1 aliphatic rings. The second kappa shape index (κ2) is 4.60. The maximum absolute atomic E-state index is 10.4. The normalized spacial score (nSPS) is 24.8. The summed E-state index contributed by atoms with van der Waals surface area (Å²) >= 11 is 0. The number of nitrogens with zero attached hydrogens (tertiary/aromatic N) is 1. The van der Waals surface area contributed by atoms with Crippen LogP contribution < -0.4 is 10.5 Å². The molecule has 0 unspecified atom stereocenters. The summed E-state index contributed by atoms with van der Waals surface area (Å²) in [5.41, 5.74) is 6.71. The zero-order valence-electron chi connectivity index (χ0n) is 10.7. The van der Waals surface area contributed by atoms with Gasteiger partial charge in [-0.05, 0) is 31.0 Å². The highest BCUT2D eigenvalue weighted by molar-refractivity contribution is 5.46. The third-order valence-corrected chi connectivity index (χ3v) is 3.89. The molecule has 1 aromatic rings.